The van der Waals surface area contributed by atoms with Crippen LogP contribution in [0.1, 0.15) is 40.0 Å². The van der Waals surface area contributed by atoms with Gasteiger partial charge in [-0.15, -0.1) is 6.58 Å². The molecule has 0 amide bonds. The van der Waals surface area contributed by atoms with Gasteiger partial charge in [-0.05, 0) is 42.7 Å². The zero-order valence-electron chi connectivity index (χ0n) is 10.6. The van der Waals surface area contributed by atoms with Gasteiger partial charge >= 0.3 is 0 Å². The van der Waals surface area contributed by atoms with Gasteiger partial charge in [-0.25, -0.2) is 0 Å². The van der Waals surface area contributed by atoms with Gasteiger partial charge in [0.05, 0.1) is 0 Å². The molecule has 0 rings (SSSR count). The molecule has 0 aromatic heterocycles. The van der Waals surface area contributed by atoms with Crippen LogP contribution in [0.2, 0.25) is 0 Å². The lowest BCUT2D eigenvalue weighted by Gasteiger charge is -2.26. The monoisotopic (exact) mass is 229 g/mol. The highest BCUT2D eigenvalue weighted by atomic mass is 32.2. The summed E-state index contributed by atoms with van der Waals surface area (Å²) in [6.07, 6.45) is 5.88. The van der Waals surface area contributed by atoms with Crippen molar-refractivity contribution in [2.75, 3.05) is 24.6 Å². The van der Waals surface area contributed by atoms with Gasteiger partial charge in [0, 0.05) is 6.54 Å². The Bertz CT molecular complexity index is 159. The Labute approximate surface area is 100 Å². The molecule has 1 nitrogen and oxygen atoms in total. The van der Waals surface area contributed by atoms with Gasteiger partial charge in [-0.2, -0.15) is 11.8 Å². The fraction of sp³-hybridized carbons (Fsp3) is 0.846. The van der Waals surface area contributed by atoms with E-state index in [9.17, 15) is 0 Å². The third kappa shape index (κ3) is 7.92. The van der Waals surface area contributed by atoms with Crippen molar-refractivity contribution in [2.45, 2.75) is 40.0 Å². The van der Waals surface area contributed by atoms with Crippen molar-refractivity contribution in [1.82, 2.24) is 5.32 Å². The van der Waals surface area contributed by atoms with E-state index in [2.05, 4.69) is 38.7 Å². The highest BCUT2D eigenvalue weighted by molar-refractivity contribution is 7.99. The fourth-order valence-corrected chi connectivity index (χ4v) is 2.17. The second-order valence-corrected chi connectivity index (χ2v) is 5.73. The second kappa shape index (κ2) is 9.29. The van der Waals surface area contributed by atoms with Crippen LogP contribution in [0.5, 0.6) is 0 Å². The lowest BCUT2D eigenvalue weighted by molar-refractivity contribution is 0.362. The predicted octanol–water partition coefficient (Wildman–Crippen LogP) is 3.71. The molecule has 1 N–H and O–H groups in total. The zero-order valence-corrected chi connectivity index (χ0v) is 11.5. The minimum absolute atomic E-state index is 0.281. The predicted molar refractivity (Wildman–Crippen MR) is 73.7 cm³/mol. The van der Waals surface area contributed by atoms with Gasteiger partial charge in [-0.3, -0.25) is 0 Å². The first-order chi connectivity index (χ1) is 7.18. The van der Waals surface area contributed by atoms with E-state index in [0.29, 0.717) is 0 Å². The highest BCUT2D eigenvalue weighted by Crippen LogP contribution is 2.24. The summed E-state index contributed by atoms with van der Waals surface area (Å²) >= 11 is 2.03. The van der Waals surface area contributed by atoms with Crippen LogP contribution in [0.4, 0.5) is 0 Å². The Hall–Kier alpha value is 0.0500. The van der Waals surface area contributed by atoms with E-state index in [0.717, 1.165) is 13.1 Å². The molecular weight excluding hydrogens is 202 g/mol. The standard InChI is InChI=1S/C13H27NS/c1-5-10-14-12-13(4,6-2)9-8-11-15-7-3/h6,14H,2,5,7-12H2,1,3-4H3. The van der Waals surface area contributed by atoms with Crippen LogP contribution in [0, 0.1) is 5.41 Å². The molecule has 2 heteroatoms. The summed E-state index contributed by atoms with van der Waals surface area (Å²) in [6.45, 7) is 12.9. The summed E-state index contributed by atoms with van der Waals surface area (Å²) in [6, 6.07) is 0. The quantitative estimate of drug-likeness (QED) is 0.453. The Morgan fingerprint density at radius 3 is 2.67 bits per heavy atom. The van der Waals surface area contributed by atoms with Gasteiger partial charge in [0.15, 0.2) is 0 Å². The third-order valence-corrected chi connectivity index (χ3v) is 3.67. The smallest absolute Gasteiger partial charge is 0.00398 e. The molecule has 0 aliphatic carbocycles. The van der Waals surface area contributed by atoms with Crippen molar-refractivity contribution in [2.24, 2.45) is 5.41 Å². The first kappa shape index (κ1) is 15.0. The summed E-state index contributed by atoms with van der Waals surface area (Å²) in [7, 11) is 0. The number of hydrogen-bond donors (Lipinski definition) is 1. The van der Waals surface area contributed by atoms with Crippen LogP contribution in [0.3, 0.4) is 0 Å². The lowest BCUT2D eigenvalue weighted by Crippen LogP contribution is -2.30. The average molecular weight is 229 g/mol. The summed E-state index contributed by atoms with van der Waals surface area (Å²) in [4.78, 5) is 0. The minimum Gasteiger partial charge on any atom is -0.316 e. The van der Waals surface area contributed by atoms with Crippen LogP contribution >= 0.6 is 11.8 Å². The third-order valence-electron chi connectivity index (χ3n) is 2.69. The molecule has 0 aliphatic heterocycles. The average Bonchev–Trinajstić information content (AvgIpc) is 2.25. The van der Waals surface area contributed by atoms with E-state index >= 15 is 0 Å². The molecule has 0 aromatic rings. The van der Waals surface area contributed by atoms with E-state index in [4.69, 9.17) is 0 Å². The number of nitrogens with one attached hydrogen (secondary N) is 1. The fourth-order valence-electron chi connectivity index (χ4n) is 1.54. The topological polar surface area (TPSA) is 12.0 Å². The number of hydrogen-bond acceptors (Lipinski definition) is 2. The molecule has 0 aromatic carbocycles. The Balaban J connectivity index is 3.70. The number of thioether (sulfide) groups is 1. The van der Waals surface area contributed by atoms with Gasteiger partial charge in [0.2, 0.25) is 0 Å². The molecule has 15 heavy (non-hydrogen) atoms. The molecule has 0 heterocycles. The zero-order chi connectivity index (χ0) is 11.6. The lowest BCUT2D eigenvalue weighted by atomic mass is 9.86. The first-order valence-electron chi connectivity index (χ1n) is 6.10. The van der Waals surface area contributed by atoms with Gasteiger partial charge in [0.1, 0.15) is 0 Å². The molecule has 0 aliphatic rings. The largest absolute Gasteiger partial charge is 0.316 e. The summed E-state index contributed by atoms with van der Waals surface area (Å²) < 4.78 is 0. The molecule has 0 bridgehead atoms. The molecule has 1 unspecified atom stereocenters. The molecule has 0 fully saturated rings. The molecule has 0 saturated heterocycles. The molecule has 0 saturated carbocycles. The van der Waals surface area contributed by atoms with Crippen molar-refractivity contribution in [1.29, 1.82) is 0 Å². The van der Waals surface area contributed by atoms with E-state index < -0.39 is 0 Å². The molecule has 0 radical (unpaired) electrons. The normalized spacial score (nSPS) is 14.9. The van der Waals surface area contributed by atoms with Crippen LogP contribution in [0.25, 0.3) is 0 Å². The van der Waals surface area contributed by atoms with Crippen molar-refractivity contribution in [3.63, 3.8) is 0 Å². The van der Waals surface area contributed by atoms with Crippen molar-refractivity contribution < 1.29 is 0 Å². The number of rotatable bonds is 10. The van der Waals surface area contributed by atoms with Crippen LogP contribution in [-0.4, -0.2) is 24.6 Å². The first-order valence-corrected chi connectivity index (χ1v) is 7.26. The van der Waals surface area contributed by atoms with Crippen LogP contribution in [0.15, 0.2) is 12.7 Å². The van der Waals surface area contributed by atoms with E-state index in [-0.39, 0.29) is 5.41 Å². The Morgan fingerprint density at radius 2 is 2.13 bits per heavy atom. The van der Waals surface area contributed by atoms with Crippen LogP contribution in [-0.2, 0) is 0 Å². The maximum absolute atomic E-state index is 3.96. The maximum Gasteiger partial charge on any atom is 0.00398 e. The van der Waals surface area contributed by atoms with Gasteiger partial charge in [-0.1, -0.05) is 26.8 Å². The molecule has 0 spiro atoms. The maximum atomic E-state index is 3.96. The molecule has 90 valence electrons. The second-order valence-electron chi connectivity index (χ2n) is 4.34. The molecule has 1 atom stereocenters. The Morgan fingerprint density at radius 1 is 1.40 bits per heavy atom. The van der Waals surface area contributed by atoms with Crippen molar-refractivity contribution in [3.05, 3.63) is 12.7 Å². The summed E-state index contributed by atoms with van der Waals surface area (Å²) in [5.74, 6) is 2.52. The SMILES string of the molecule is C=CC(C)(CCCSCC)CNCCC. The highest BCUT2D eigenvalue weighted by Gasteiger charge is 2.18. The Kier molecular flexibility index (Phi) is 9.32. The minimum atomic E-state index is 0.281. The summed E-state index contributed by atoms with van der Waals surface area (Å²) in [5.41, 5.74) is 0.281. The van der Waals surface area contributed by atoms with E-state index in [1.54, 1.807) is 0 Å². The van der Waals surface area contributed by atoms with Crippen molar-refractivity contribution in [3.8, 4) is 0 Å². The van der Waals surface area contributed by atoms with E-state index in [1.165, 1.54) is 30.8 Å². The van der Waals surface area contributed by atoms with Gasteiger partial charge < -0.3 is 5.32 Å². The van der Waals surface area contributed by atoms with E-state index in [1.807, 2.05) is 11.8 Å². The molecular formula is C13H27NS. The van der Waals surface area contributed by atoms with Crippen LogP contribution < -0.4 is 5.32 Å². The van der Waals surface area contributed by atoms with Crippen molar-refractivity contribution >= 4 is 11.8 Å². The summed E-state index contributed by atoms with van der Waals surface area (Å²) in [5, 5.41) is 3.49. The van der Waals surface area contributed by atoms with Gasteiger partial charge in [0.25, 0.3) is 0 Å².